The van der Waals surface area contributed by atoms with Crippen molar-refractivity contribution >= 4 is 11.0 Å². The number of nitriles is 1. The molecule has 0 bridgehead atoms. The van der Waals surface area contributed by atoms with Crippen LogP contribution in [0.2, 0.25) is 0 Å². The first-order chi connectivity index (χ1) is 13.0. The second kappa shape index (κ2) is 6.33. The normalized spacial score (nSPS) is 16.1. The molecule has 2 aromatic carbocycles. The molecule has 27 heavy (non-hydrogen) atoms. The van der Waals surface area contributed by atoms with Crippen molar-refractivity contribution < 1.29 is 9.15 Å². The SMILES string of the molecule is CC(C)c1ccc([C@@H]2C(C#N)=C(N)Oc3c2c(=O)oc2ccccc32)cc1. The van der Waals surface area contributed by atoms with E-state index in [-0.39, 0.29) is 11.5 Å². The molecule has 2 heterocycles. The fraction of sp³-hybridized carbons (Fsp3) is 0.182. The molecule has 1 atom stereocenters. The number of hydrogen-bond acceptors (Lipinski definition) is 5. The van der Waals surface area contributed by atoms with E-state index in [2.05, 4.69) is 19.9 Å². The quantitative estimate of drug-likeness (QED) is 0.696. The highest BCUT2D eigenvalue weighted by Crippen LogP contribution is 2.43. The number of nitrogens with zero attached hydrogens (tertiary/aromatic N) is 1. The van der Waals surface area contributed by atoms with Crippen molar-refractivity contribution in [2.75, 3.05) is 0 Å². The Bertz CT molecular complexity index is 1160. The number of fused-ring (bicyclic) bond motifs is 3. The third kappa shape index (κ3) is 2.67. The maximum atomic E-state index is 12.8. The van der Waals surface area contributed by atoms with Gasteiger partial charge >= 0.3 is 5.63 Å². The Labute approximate surface area is 156 Å². The Kier molecular flexibility index (Phi) is 3.97. The molecule has 0 unspecified atom stereocenters. The van der Waals surface area contributed by atoms with E-state index in [4.69, 9.17) is 14.9 Å². The molecule has 0 saturated carbocycles. The van der Waals surface area contributed by atoms with E-state index in [1.54, 1.807) is 18.2 Å². The van der Waals surface area contributed by atoms with Crippen molar-refractivity contribution in [3.8, 4) is 11.8 Å². The van der Waals surface area contributed by atoms with Crippen LogP contribution >= 0.6 is 0 Å². The van der Waals surface area contributed by atoms with Gasteiger partial charge in [0.25, 0.3) is 0 Å². The van der Waals surface area contributed by atoms with Gasteiger partial charge in [-0.3, -0.25) is 0 Å². The summed E-state index contributed by atoms with van der Waals surface area (Å²) < 4.78 is 11.2. The van der Waals surface area contributed by atoms with Crippen molar-refractivity contribution in [2.45, 2.75) is 25.7 Å². The van der Waals surface area contributed by atoms with E-state index < -0.39 is 11.5 Å². The summed E-state index contributed by atoms with van der Waals surface area (Å²) in [5.74, 6) is 0.127. The molecule has 1 aliphatic rings. The average molecular weight is 358 g/mol. The predicted molar refractivity (Wildman–Crippen MR) is 102 cm³/mol. The number of benzene rings is 2. The van der Waals surface area contributed by atoms with Gasteiger partial charge in [-0.05, 0) is 29.2 Å². The summed E-state index contributed by atoms with van der Waals surface area (Å²) in [6.07, 6.45) is 0. The average Bonchev–Trinajstić information content (AvgIpc) is 2.67. The standard InChI is InChI=1S/C22H18N2O3/c1-12(2)13-7-9-14(10-8-13)18-16(11-23)21(24)27-20-15-5-3-4-6-17(15)26-22(25)19(18)20/h3-10,12,18H,24H2,1-2H3/t18-/m1/s1. The number of allylic oxidation sites excluding steroid dienone is 1. The van der Waals surface area contributed by atoms with Gasteiger partial charge in [0.05, 0.1) is 16.9 Å². The van der Waals surface area contributed by atoms with E-state index in [1.165, 1.54) is 5.56 Å². The molecule has 1 aromatic heterocycles. The van der Waals surface area contributed by atoms with Crippen molar-refractivity contribution in [3.63, 3.8) is 0 Å². The van der Waals surface area contributed by atoms with E-state index in [1.807, 2.05) is 30.3 Å². The molecule has 5 heteroatoms. The zero-order chi connectivity index (χ0) is 19.1. The van der Waals surface area contributed by atoms with Gasteiger partial charge in [0, 0.05) is 0 Å². The first kappa shape index (κ1) is 16.9. The summed E-state index contributed by atoms with van der Waals surface area (Å²) in [7, 11) is 0. The van der Waals surface area contributed by atoms with Gasteiger partial charge in [-0.2, -0.15) is 5.26 Å². The number of hydrogen-bond donors (Lipinski definition) is 1. The Morgan fingerprint density at radius 3 is 2.48 bits per heavy atom. The summed E-state index contributed by atoms with van der Waals surface area (Å²) in [6.45, 7) is 4.22. The molecule has 1 aliphatic heterocycles. The second-order valence-corrected chi connectivity index (χ2v) is 6.87. The molecule has 4 rings (SSSR count). The summed E-state index contributed by atoms with van der Waals surface area (Å²) >= 11 is 0. The largest absolute Gasteiger partial charge is 0.439 e. The molecule has 0 spiro atoms. The Hall–Kier alpha value is -3.52. The zero-order valence-electron chi connectivity index (χ0n) is 15.0. The number of para-hydroxylation sites is 1. The van der Waals surface area contributed by atoms with Crippen LogP contribution in [0.4, 0.5) is 0 Å². The molecule has 3 aromatic rings. The molecule has 0 radical (unpaired) electrons. The fourth-order valence-electron chi connectivity index (χ4n) is 3.47. The number of rotatable bonds is 2. The molecular weight excluding hydrogens is 340 g/mol. The van der Waals surface area contributed by atoms with E-state index in [9.17, 15) is 10.1 Å². The van der Waals surface area contributed by atoms with Gasteiger partial charge in [-0.15, -0.1) is 0 Å². The van der Waals surface area contributed by atoms with Crippen molar-refractivity contribution in [3.05, 3.63) is 87.1 Å². The molecule has 0 aliphatic carbocycles. The van der Waals surface area contributed by atoms with Crippen LogP contribution in [0.3, 0.4) is 0 Å². The molecule has 134 valence electrons. The van der Waals surface area contributed by atoms with Crippen LogP contribution in [0.1, 0.15) is 42.4 Å². The lowest BCUT2D eigenvalue weighted by Gasteiger charge is -2.26. The Morgan fingerprint density at radius 2 is 1.81 bits per heavy atom. The number of ether oxygens (including phenoxy) is 1. The topological polar surface area (TPSA) is 89.3 Å². The van der Waals surface area contributed by atoms with Crippen LogP contribution in [0.15, 0.2) is 69.2 Å². The summed E-state index contributed by atoms with van der Waals surface area (Å²) in [5, 5.41) is 10.3. The third-order valence-electron chi connectivity index (χ3n) is 4.91. The van der Waals surface area contributed by atoms with Crippen LogP contribution in [-0.2, 0) is 0 Å². The predicted octanol–water partition coefficient (Wildman–Crippen LogP) is 4.13. The maximum absolute atomic E-state index is 12.8. The minimum absolute atomic E-state index is 0.0127. The monoisotopic (exact) mass is 358 g/mol. The second-order valence-electron chi connectivity index (χ2n) is 6.87. The lowest BCUT2D eigenvalue weighted by atomic mass is 9.83. The molecule has 0 fully saturated rings. The van der Waals surface area contributed by atoms with Gasteiger partial charge in [-0.25, -0.2) is 4.79 Å². The molecule has 0 saturated heterocycles. The van der Waals surface area contributed by atoms with Gasteiger partial charge < -0.3 is 14.9 Å². The molecule has 5 nitrogen and oxygen atoms in total. The van der Waals surface area contributed by atoms with Gasteiger partial charge in [-0.1, -0.05) is 50.2 Å². The highest BCUT2D eigenvalue weighted by atomic mass is 16.5. The van der Waals surface area contributed by atoms with Crippen LogP contribution < -0.4 is 16.1 Å². The van der Waals surface area contributed by atoms with Crippen LogP contribution in [0.25, 0.3) is 11.0 Å². The zero-order valence-corrected chi connectivity index (χ0v) is 15.0. The van der Waals surface area contributed by atoms with Gasteiger partial charge in [0.15, 0.2) is 5.75 Å². The van der Waals surface area contributed by atoms with E-state index in [0.717, 1.165) is 5.56 Å². The third-order valence-corrected chi connectivity index (χ3v) is 4.91. The summed E-state index contributed by atoms with van der Waals surface area (Å²) in [5.41, 5.74) is 8.43. The van der Waals surface area contributed by atoms with Gasteiger partial charge in [0.1, 0.15) is 17.2 Å². The van der Waals surface area contributed by atoms with Crippen molar-refractivity contribution in [1.29, 1.82) is 5.26 Å². The van der Waals surface area contributed by atoms with E-state index in [0.29, 0.717) is 28.2 Å². The lowest BCUT2D eigenvalue weighted by Crippen LogP contribution is -2.26. The maximum Gasteiger partial charge on any atom is 0.344 e. The van der Waals surface area contributed by atoms with Gasteiger partial charge in [0.2, 0.25) is 5.88 Å². The van der Waals surface area contributed by atoms with Crippen molar-refractivity contribution in [2.24, 2.45) is 5.73 Å². The highest BCUT2D eigenvalue weighted by molar-refractivity contribution is 5.86. The van der Waals surface area contributed by atoms with Crippen LogP contribution in [0, 0.1) is 11.3 Å². The van der Waals surface area contributed by atoms with Crippen LogP contribution in [0.5, 0.6) is 5.75 Å². The lowest BCUT2D eigenvalue weighted by molar-refractivity contribution is 0.388. The molecular formula is C22H18N2O3. The summed E-state index contributed by atoms with van der Waals surface area (Å²) in [6, 6.07) is 17.1. The highest BCUT2D eigenvalue weighted by Gasteiger charge is 2.35. The van der Waals surface area contributed by atoms with Crippen molar-refractivity contribution in [1.82, 2.24) is 0 Å². The summed E-state index contributed by atoms with van der Waals surface area (Å²) in [4.78, 5) is 12.8. The molecule has 0 amide bonds. The Morgan fingerprint density at radius 1 is 1.11 bits per heavy atom. The van der Waals surface area contributed by atoms with E-state index >= 15 is 0 Å². The fourth-order valence-corrected chi connectivity index (χ4v) is 3.47. The molecule has 2 N–H and O–H groups in total. The minimum atomic E-state index is -0.624. The smallest absolute Gasteiger partial charge is 0.344 e. The Balaban J connectivity index is 2.00. The number of nitrogens with two attached hydrogens (primary N) is 1. The van der Waals surface area contributed by atoms with Crippen LogP contribution in [-0.4, -0.2) is 0 Å². The minimum Gasteiger partial charge on any atom is -0.439 e. The first-order valence-electron chi connectivity index (χ1n) is 8.74. The first-order valence-corrected chi connectivity index (χ1v) is 8.74.